The molecule has 4 saturated carbocycles. The second-order valence-corrected chi connectivity index (χ2v) is 11.4. The Kier molecular flexibility index (Phi) is 3.33. The zero-order chi connectivity index (χ0) is 21.3. The van der Waals surface area contributed by atoms with E-state index in [0.717, 1.165) is 19.3 Å². The first kappa shape index (κ1) is 18.9. The van der Waals surface area contributed by atoms with Crippen molar-refractivity contribution in [3.05, 3.63) is 11.3 Å². The van der Waals surface area contributed by atoms with Crippen molar-refractivity contribution in [2.45, 2.75) is 76.9 Å². The number of rotatable bonds is 0. The highest BCUT2D eigenvalue weighted by atomic mass is 16.6. The summed E-state index contributed by atoms with van der Waals surface area (Å²) in [7, 11) is 0. The van der Waals surface area contributed by atoms with Gasteiger partial charge in [-0.25, -0.2) is 0 Å². The number of nitriles is 1. The van der Waals surface area contributed by atoms with Gasteiger partial charge in [0.05, 0.1) is 17.6 Å². The standard InChI is InChI=1S/C24H30N2O4/c1-21-6-4-14(27)19-20(26)12(9-23(19,21)11-25)17-13-3-7-24(8-5-16(29)30-24)22(13,2)10-15(28)18(17)21/h12-13,15,17-18,28H,3-10,26H2,1-2H3/t12-,13-,15+,17-,18-,21+,22-,23-,24+/m0/s1. The number of fused-ring (bicyclic) bond motifs is 7. The third-order valence-electron chi connectivity index (χ3n) is 10.8. The van der Waals surface area contributed by atoms with Crippen molar-refractivity contribution < 1.29 is 19.4 Å². The molecule has 30 heavy (non-hydrogen) atoms. The van der Waals surface area contributed by atoms with E-state index >= 15 is 0 Å². The smallest absolute Gasteiger partial charge is 0.306 e. The summed E-state index contributed by atoms with van der Waals surface area (Å²) < 4.78 is 5.99. The maximum atomic E-state index is 12.9. The molecule has 5 fully saturated rings. The lowest BCUT2D eigenvalue weighted by Gasteiger charge is -2.64. The molecule has 1 spiro atoms. The molecule has 6 heteroatoms. The second kappa shape index (κ2) is 5.30. The van der Waals surface area contributed by atoms with Gasteiger partial charge in [0, 0.05) is 35.4 Å². The second-order valence-electron chi connectivity index (χ2n) is 11.4. The average Bonchev–Trinajstić information content (AvgIpc) is 3.31. The first-order chi connectivity index (χ1) is 14.1. The number of aliphatic hydroxyl groups is 1. The summed E-state index contributed by atoms with van der Waals surface area (Å²) in [6.07, 6.45) is 4.57. The van der Waals surface area contributed by atoms with Gasteiger partial charge in [-0.3, -0.25) is 9.59 Å². The van der Waals surface area contributed by atoms with E-state index in [-0.39, 0.29) is 40.8 Å². The Morgan fingerprint density at radius 3 is 2.57 bits per heavy atom. The Balaban J connectivity index is 1.53. The van der Waals surface area contributed by atoms with E-state index < -0.39 is 22.5 Å². The number of carbonyl (C=O) groups excluding carboxylic acids is 2. The van der Waals surface area contributed by atoms with Gasteiger partial charge in [0.25, 0.3) is 0 Å². The number of Topliss-reactive ketones (excluding diaryl/α,β-unsaturated/α-hetero) is 1. The van der Waals surface area contributed by atoms with Crippen LogP contribution in [0.5, 0.6) is 0 Å². The van der Waals surface area contributed by atoms with Crippen LogP contribution < -0.4 is 5.73 Å². The van der Waals surface area contributed by atoms with Crippen molar-refractivity contribution in [1.29, 1.82) is 5.26 Å². The highest BCUT2D eigenvalue weighted by molar-refractivity contribution is 6.00. The minimum Gasteiger partial charge on any atom is -0.458 e. The number of ketones is 1. The van der Waals surface area contributed by atoms with Crippen molar-refractivity contribution >= 4 is 11.8 Å². The Labute approximate surface area is 176 Å². The van der Waals surface area contributed by atoms with Crippen LogP contribution in [0.2, 0.25) is 0 Å². The van der Waals surface area contributed by atoms with E-state index in [1.165, 1.54) is 0 Å². The van der Waals surface area contributed by atoms with E-state index in [1.807, 2.05) is 0 Å². The summed E-state index contributed by atoms with van der Waals surface area (Å²) in [6.45, 7) is 4.33. The number of esters is 1. The van der Waals surface area contributed by atoms with Crippen LogP contribution in [0.1, 0.15) is 65.2 Å². The zero-order valence-electron chi connectivity index (χ0n) is 17.7. The Hall–Kier alpha value is -1.87. The maximum Gasteiger partial charge on any atom is 0.306 e. The minimum atomic E-state index is -0.872. The van der Waals surface area contributed by atoms with Crippen LogP contribution >= 0.6 is 0 Å². The van der Waals surface area contributed by atoms with Gasteiger partial charge in [-0.05, 0) is 61.7 Å². The summed E-state index contributed by atoms with van der Waals surface area (Å²) in [5, 5.41) is 22.0. The molecule has 3 N–H and O–H groups in total. The topological polar surface area (TPSA) is 113 Å². The molecule has 0 aromatic carbocycles. The Morgan fingerprint density at radius 1 is 1.13 bits per heavy atom. The summed E-state index contributed by atoms with van der Waals surface area (Å²) >= 11 is 0. The molecule has 0 amide bonds. The molecule has 160 valence electrons. The number of allylic oxidation sites excluding steroid dienone is 2. The number of nitrogens with zero attached hydrogens (tertiary/aromatic N) is 1. The molecule has 1 aliphatic heterocycles. The molecule has 6 aliphatic rings. The van der Waals surface area contributed by atoms with Gasteiger partial charge in [-0.15, -0.1) is 0 Å². The van der Waals surface area contributed by atoms with Gasteiger partial charge in [-0.1, -0.05) is 13.8 Å². The van der Waals surface area contributed by atoms with Gasteiger partial charge in [0.1, 0.15) is 5.60 Å². The predicted octanol–water partition coefficient (Wildman–Crippen LogP) is 2.60. The van der Waals surface area contributed by atoms with E-state index in [1.54, 1.807) is 0 Å². The summed E-state index contributed by atoms with van der Waals surface area (Å²) in [6, 6.07) is 2.55. The number of ether oxygens (including phenoxy) is 1. The molecule has 0 radical (unpaired) electrons. The fourth-order valence-corrected chi connectivity index (χ4v) is 9.56. The van der Waals surface area contributed by atoms with Crippen molar-refractivity contribution in [3.63, 3.8) is 0 Å². The minimum absolute atomic E-state index is 0.0255. The van der Waals surface area contributed by atoms with Gasteiger partial charge in [-0.2, -0.15) is 5.26 Å². The predicted molar refractivity (Wildman–Crippen MR) is 106 cm³/mol. The summed E-state index contributed by atoms with van der Waals surface area (Å²) in [5.74, 6) is 0.169. The lowest BCUT2D eigenvalue weighted by molar-refractivity contribution is -0.209. The molecule has 5 aliphatic carbocycles. The SMILES string of the molecule is C[C@]12C[C@@H](O)[C@H]3[C@@H]([C@@H]4C[C@]5(C#N)C(=C4N)C(=O)CC[C@]35C)[C@@H]1CC[C@@]21CCC(=O)O1. The third-order valence-corrected chi connectivity index (χ3v) is 10.8. The van der Waals surface area contributed by atoms with Crippen LogP contribution in [-0.2, 0) is 14.3 Å². The number of hydrogen-bond acceptors (Lipinski definition) is 6. The maximum absolute atomic E-state index is 12.9. The third kappa shape index (κ3) is 1.71. The first-order valence-corrected chi connectivity index (χ1v) is 11.5. The molecule has 6 rings (SSSR count). The molecule has 2 bridgehead atoms. The molecular formula is C24H30N2O4. The highest BCUT2D eigenvalue weighted by Crippen LogP contribution is 2.76. The van der Waals surface area contributed by atoms with Gasteiger partial charge < -0.3 is 15.6 Å². The summed E-state index contributed by atoms with van der Waals surface area (Å²) in [4.78, 5) is 25.0. The monoisotopic (exact) mass is 410 g/mol. The lowest BCUT2D eigenvalue weighted by Crippen LogP contribution is -2.64. The molecule has 1 heterocycles. The highest BCUT2D eigenvalue weighted by Gasteiger charge is 2.76. The van der Waals surface area contributed by atoms with Crippen molar-refractivity contribution in [2.75, 3.05) is 0 Å². The quantitative estimate of drug-likeness (QED) is 0.594. The lowest BCUT2D eigenvalue weighted by atomic mass is 9.39. The molecule has 9 atom stereocenters. The van der Waals surface area contributed by atoms with Crippen LogP contribution in [0.3, 0.4) is 0 Å². The molecule has 0 aromatic rings. The van der Waals surface area contributed by atoms with E-state index in [0.29, 0.717) is 43.4 Å². The Bertz CT molecular complexity index is 967. The summed E-state index contributed by atoms with van der Waals surface area (Å²) in [5.41, 5.74) is 5.72. The van der Waals surface area contributed by atoms with Crippen LogP contribution in [0.25, 0.3) is 0 Å². The number of nitrogens with two attached hydrogens (primary N) is 1. The number of carbonyl (C=O) groups is 2. The fourth-order valence-electron chi connectivity index (χ4n) is 9.56. The molecule has 1 saturated heterocycles. The van der Waals surface area contributed by atoms with Crippen LogP contribution in [0.15, 0.2) is 11.3 Å². The van der Waals surface area contributed by atoms with Crippen molar-refractivity contribution in [1.82, 2.24) is 0 Å². The van der Waals surface area contributed by atoms with Crippen LogP contribution in [0, 0.1) is 51.2 Å². The normalized spacial score (nSPS) is 56.0. The molecular weight excluding hydrogens is 380 g/mol. The Morgan fingerprint density at radius 2 is 1.90 bits per heavy atom. The first-order valence-electron chi connectivity index (χ1n) is 11.5. The number of hydrogen-bond donors (Lipinski definition) is 2. The van der Waals surface area contributed by atoms with Gasteiger partial charge >= 0.3 is 5.97 Å². The van der Waals surface area contributed by atoms with E-state index in [2.05, 4.69) is 19.9 Å². The van der Waals surface area contributed by atoms with E-state index in [4.69, 9.17) is 10.5 Å². The van der Waals surface area contributed by atoms with Gasteiger partial charge in [0.15, 0.2) is 5.78 Å². The molecule has 0 unspecified atom stereocenters. The van der Waals surface area contributed by atoms with Crippen molar-refractivity contribution in [3.8, 4) is 6.07 Å². The largest absolute Gasteiger partial charge is 0.458 e. The average molecular weight is 411 g/mol. The van der Waals surface area contributed by atoms with Crippen LogP contribution in [0.4, 0.5) is 0 Å². The molecule has 6 nitrogen and oxygen atoms in total. The van der Waals surface area contributed by atoms with Crippen LogP contribution in [-0.4, -0.2) is 28.6 Å². The molecule has 0 aromatic heterocycles. The van der Waals surface area contributed by atoms with Crippen molar-refractivity contribution in [2.24, 2.45) is 45.7 Å². The zero-order valence-corrected chi connectivity index (χ0v) is 17.7. The fraction of sp³-hybridized carbons (Fsp3) is 0.792. The van der Waals surface area contributed by atoms with Gasteiger partial charge in [0.2, 0.25) is 0 Å². The van der Waals surface area contributed by atoms with E-state index in [9.17, 15) is 20.0 Å². The number of aliphatic hydroxyl groups excluding tert-OH is 1.